The van der Waals surface area contributed by atoms with Gasteiger partial charge in [0.2, 0.25) is 0 Å². The van der Waals surface area contributed by atoms with Gasteiger partial charge in [-0.2, -0.15) is 5.10 Å². The van der Waals surface area contributed by atoms with Crippen molar-refractivity contribution >= 4 is 45.7 Å². The number of rotatable bonds is 4. The molecule has 0 unspecified atom stereocenters. The molecule has 0 atom stereocenters. The predicted molar refractivity (Wildman–Crippen MR) is 90.9 cm³/mol. The Balaban J connectivity index is 2.25. The number of nitrogens with two attached hydrogens (primary N) is 1. The van der Waals surface area contributed by atoms with E-state index in [1.807, 2.05) is 0 Å². The van der Waals surface area contributed by atoms with E-state index in [9.17, 15) is 9.59 Å². The van der Waals surface area contributed by atoms with Gasteiger partial charge in [-0.3, -0.25) is 0 Å². The smallest absolute Gasteiger partial charge is 0.345 e. The van der Waals surface area contributed by atoms with Gasteiger partial charge in [-0.25, -0.2) is 15.0 Å². The molecule has 0 radical (unpaired) electrons. The summed E-state index contributed by atoms with van der Waals surface area (Å²) in [4.78, 5) is 22.8. The molecule has 8 heteroatoms. The molecule has 0 saturated heterocycles. The second-order valence-electron chi connectivity index (χ2n) is 4.29. The molecule has 0 aliphatic carbocycles. The highest BCUT2D eigenvalue weighted by Crippen LogP contribution is 2.24. The van der Waals surface area contributed by atoms with Crippen LogP contribution in [0, 0.1) is 0 Å². The minimum atomic E-state index is -0.800. The zero-order chi connectivity index (χ0) is 16.8. The van der Waals surface area contributed by atoms with Crippen LogP contribution in [0.4, 0.5) is 4.79 Å². The number of urea groups is 1. The summed E-state index contributed by atoms with van der Waals surface area (Å²) in [5, 5.41) is 3.94. The molecule has 0 aliphatic rings. The Hall–Kier alpha value is -2.38. The molecule has 2 amide bonds. The standard InChI is InChI=1S/C15H11BrClN3O3/c16-10-5-6-13(9(7-10)8-19-20-15(18)22)23-14(21)11-3-1-2-4-12(11)17/h1-8H,(H3,18,20,22). The van der Waals surface area contributed by atoms with Crippen LogP contribution in [0.5, 0.6) is 5.75 Å². The van der Waals surface area contributed by atoms with E-state index >= 15 is 0 Å². The number of carbonyl (C=O) groups excluding carboxylic acids is 2. The van der Waals surface area contributed by atoms with E-state index in [4.69, 9.17) is 22.1 Å². The third-order valence-electron chi connectivity index (χ3n) is 2.65. The third-order valence-corrected chi connectivity index (χ3v) is 3.47. The highest BCUT2D eigenvalue weighted by atomic mass is 79.9. The lowest BCUT2D eigenvalue weighted by molar-refractivity contribution is 0.0734. The fourth-order valence-electron chi connectivity index (χ4n) is 1.66. The average Bonchev–Trinajstić information content (AvgIpc) is 2.50. The number of hydrogen-bond acceptors (Lipinski definition) is 4. The van der Waals surface area contributed by atoms with Crippen LogP contribution in [0.2, 0.25) is 5.02 Å². The summed E-state index contributed by atoms with van der Waals surface area (Å²) in [5.41, 5.74) is 7.70. The van der Waals surface area contributed by atoms with E-state index in [1.54, 1.807) is 42.5 Å². The van der Waals surface area contributed by atoms with E-state index in [0.717, 1.165) is 4.47 Å². The number of nitrogens with one attached hydrogen (secondary N) is 1. The van der Waals surface area contributed by atoms with Crippen molar-refractivity contribution < 1.29 is 14.3 Å². The maximum Gasteiger partial charge on any atom is 0.345 e. The molecule has 118 valence electrons. The van der Waals surface area contributed by atoms with Crippen LogP contribution >= 0.6 is 27.5 Å². The molecule has 0 saturated carbocycles. The van der Waals surface area contributed by atoms with E-state index in [0.29, 0.717) is 10.6 Å². The molecule has 23 heavy (non-hydrogen) atoms. The summed E-state index contributed by atoms with van der Waals surface area (Å²) in [6.45, 7) is 0. The molecule has 0 spiro atoms. The summed E-state index contributed by atoms with van der Waals surface area (Å²) >= 11 is 9.28. The Kier molecular flexibility index (Phi) is 5.72. The first kappa shape index (κ1) is 17.0. The highest BCUT2D eigenvalue weighted by molar-refractivity contribution is 9.10. The van der Waals surface area contributed by atoms with E-state index in [1.165, 1.54) is 6.21 Å². The fraction of sp³-hybridized carbons (Fsp3) is 0. The third kappa shape index (κ3) is 4.80. The summed E-state index contributed by atoms with van der Waals surface area (Å²) in [7, 11) is 0. The van der Waals surface area contributed by atoms with Crippen molar-refractivity contribution in [2.45, 2.75) is 0 Å². The molecule has 2 rings (SSSR count). The molecule has 0 bridgehead atoms. The number of benzene rings is 2. The number of primary amides is 1. The van der Waals surface area contributed by atoms with Crippen molar-refractivity contribution in [3.63, 3.8) is 0 Å². The lowest BCUT2D eigenvalue weighted by Crippen LogP contribution is -2.24. The van der Waals surface area contributed by atoms with Crippen molar-refractivity contribution in [3.05, 3.63) is 63.1 Å². The van der Waals surface area contributed by atoms with E-state index < -0.39 is 12.0 Å². The number of hydrazone groups is 1. The van der Waals surface area contributed by atoms with Gasteiger partial charge >= 0.3 is 12.0 Å². The van der Waals surface area contributed by atoms with Gasteiger partial charge in [0.1, 0.15) is 5.75 Å². The number of hydrogen-bond donors (Lipinski definition) is 2. The first-order valence-electron chi connectivity index (χ1n) is 6.32. The monoisotopic (exact) mass is 395 g/mol. The van der Waals surface area contributed by atoms with Crippen molar-refractivity contribution in [3.8, 4) is 5.75 Å². The number of amides is 2. The quantitative estimate of drug-likeness (QED) is 0.359. The molecule has 0 aromatic heterocycles. The number of nitrogens with zero attached hydrogens (tertiary/aromatic N) is 1. The summed E-state index contributed by atoms with van der Waals surface area (Å²) in [5.74, 6) is -0.344. The van der Waals surface area contributed by atoms with Crippen molar-refractivity contribution in [2.24, 2.45) is 10.8 Å². The predicted octanol–water partition coefficient (Wildman–Crippen LogP) is 3.32. The van der Waals surface area contributed by atoms with Gasteiger partial charge in [-0.05, 0) is 30.3 Å². The first-order valence-corrected chi connectivity index (χ1v) is 7.49. The second-order valence-corrected chi connectivity index (χ2v) is 5.61. The lowest BCUT2D eigenvalue weighted by Gasteiger charge is -2.08. The van der Waals surface area contributed by atoms with Crippen LogP contribution in [0.15, 0.2) is 52.0 Å². The van der Waals surface area contributed by atoms with Gasteiger partial charge in [-0.15, -0.1) is 0 Å². The summed E-state index contributed by atoms with van der Waals surface area (Å²) in [6, 6.07) is 10.7. The maximum atomic E-state index is 12.2. The van der Waals surface area contributed by atoms with Gasteiger partial charge in [0.15, 0.2) is 0 Å². The van der Waals surface area contributed by atoms with Crippen molar-refractivity contribution in [1.29, 1.82) is 0 Å². The van der Waals surface area contributed by atoms with Crippen LogP contribution in [0.25, 0.3) is 0 Å². The van der Waals surface area contributed by atoms with Crippen LogP contribution in [0.1, 0.15) is 15.9 Å². The number of halogens is 2. The van der Waals surface area contributed by atoms with Crippen LogP contribution in [-0.4, -0.2) is 18.2 Å². The average molecular weight is 397 g/mol. The fourth-order valence-corrected chi connectivity index (χ4v) is 2.25. The summed E-state index contributed by atoms with van der Waals surface area (Å²) < 4.78 is 6.09. The zero-order valence-corrected chi connectivity index (χ0v) is 14.0. The maximum absolute atomic E-state index is 12.2. The molecule has 2 aromatic carbocycles. The molecule has 0 heterocycles. The van der Waals surface area contributed by atoms with E-state index in [-0.39, 0.29) is 11.3 Å². The minimum absolute atomic E-state index is 0.246. The number of ether oxygens (including phenoxy) is 1. The van der Waals surface area contributed by atoms with Gasteiger partial charge in [0, 0.05) is 10.0 Å². The molecular formula is C15H11BrClN3O3. The number of esters is 1. The minimum Gasteiger partial charge on any atom is -0.422 e. The normalized spacial score (nSPS) is 10.5. The van der Waals surface area contributed by atoms with E-state index in [2.05, 4.69) is 26.5 Å². The van der Waals surface area contributed by atoms with Gasteiger partial charge in [0.25, 0.3) is 0 Å². The molecule has 3 N–H and O–H groups in total. The van der Waals surface area contributed by atoms with Gasteiger partial charge < -0.3 is 10.5 Å². The molecular weight excluding hydrogens is 386 g/mol. The summed E-state index contributed by atoms with van der Waals surface area (Å²) in [6.07, 6.45) is 1.31. The highest BCUT2D eigenvalue weighted by Gasteiger charge is 2.14. The Morgan fingerprint density at radius 2 is 2.00 bits per heavy atom. The molecule has 0 fully saturated rings. The molecule has 0 aliphatic heterocycles. The van der Waals surface area contributed by atoms with Crippen LogP contribution < -0.4 is 15.9 Å². The van der Waals surface area contributed by atoms with Gasteiger partial charge in [-0.1, -0.05) is 39.7 Å². The Morgan fingerprint density at radius 1 is 1.26 bits per heavy atom. The lowest BCUT2D eigenvalue weighted by atomic mass is 10.2. The first-order chi connectivity index (χ1) is 11.0. The topological polar surface area (TPSA) is 93.8 Å². The Labute approximate surface area is 145 Å². The molecule has 2 aromatic rings. The van der Waals surface area contributed by atoms with Crippen LogP contribution in [-0.2, 0) is 0 Å². The van der Waals surface area contributed by atoms with Crippen LogP contribution in [0.3, 0.4) is 0 Å². The van der Waals surface area contributed by atoms with Crippen molar-refractivity contribution in [1.82, 2.24) is 5.43 Å². The SMILES string of the molecule is NC(=O)NN=Cc1cc(Br)ccc1OC(=O)c1ccccc1Cl. The number of carbonyl (C=O) groups is 2. The second kappa shape index (κ2) is 7.75. The Bertz CT molecular complexity index is 780. The zero-order valence-electron chi connectivity index (χ0n) is 11.6. The van der Waals surface area contributed by atoms with Gasteiger partial charge in [0.05, 0.1) is 16.8 Å². The largest absolute Gasteiger partial charge is 0.422 e. The Morgan fingerprint density at radius 3 is 2.70 bits per heavy atom. The van der Waals surface area contributed by atoms with Crippen molar-refractivity contribution in [2.75, 3.05) is 0 Å². The molecule has 6 nitrogen and oxygen atoms in total.